The molecule has 0 amide bonds. The third-order valence-electron chi connectivity index (χ3n) is 4.34. The maximum Gasteiger partial charge on any atom is 0.330 e. The molecule has 1 aromatic carbocycles. The van der Waals surface area contributed by atoms with Gasteiger partial charge < -0.3 is 10.4 Å². The molecule has 2 atom stereocenters. The third-order valence-corrected chi connectivity index (χ3v) is 4.67. The second-order valence-corrected chi connectivity index (χ2v) is 6.36. The van der Waals surface area contributed by atoms with Crippen LogP contribution < -0.4 is 5.32 Å². The number of aliphatic carboxylic acids is 1. The molecule has 3 rings (SSSR count). The molecular formula is C15H19ClN2O2. The van der Waals surface area contributed by atoms with E-state index in [1.807, 2.05) is 18.2 Å². The minimum Gasteiger partial charge on any atom is -0.479 e. The van der Waals surface area contributed by atoms with Gasteiger partial charge >= 0.3 is 5.97 Å². The molecule has 2 fully saturated rings. The molecule has 0 bridgehead atoms. The van der Waals surface area contributed by atoms with Gasteiger partial charge in [-0.25, -0.2) is 4.79 Å². The Morgan fingerprint density at radius 3 is 2.75 bits per heavy atom. The summed E-state index contributed by atoms with van der Waals surface area (Å²) in [6, 6.07) is 8.16. The zero-order valence-corrected chi connectivity index (χ0v) is 12.2. The van der Waals surface area contributed by atoms with Crippen molar-refractivity contribution in [2.24, 2.45) is 0 Å². The number of carboxylic acids is 1. The first kappa shape index (κ1) is 13.7. The first-order valence-corrected chi connectivity index (χ1v) is 7.41. The summed E-state index contributed by atoms with van der Waals surface area (Å²) in [7, 11) is 0. The van der Waals surface area contributed by atoms with Crippen molar-refractivity contribution in [2.75, 3.05) is 11.9 Å². The predicted octanol–water partition coefficient (Wildman–Crippen LogP) is 2.83. The lowest BCUT2D eigenvalue weighted by Crippen LogP contribution is -2.49. The van der Waals surface area contributed by atoms with E-state index >= 15 is 0 Å². The van der Waals surface area contributed by atoms with Crippen LogP contribution in [0.15, 0.2) is 24.3 Å². The number of nitrogens with one attached hydrogen (secondary N) is 1. The van der Waals surface area contributed by atoms with Gasteiger partial charge in [-0.3, -0.25) is 4.90 Å². The quantitative estimate of drug-likeness (QED) is 0.896. The Balaban J connectivity index is 1.86. The van der Waals surface area contributed by atoms with Crippen LogP contribution in [-0.2, 0) is 4.79 Å². The van der Waals surface area contributed by atoms with Crippen LogP contribution in [-0.4, -0.2) is 40.1 Å². The number of halogens is 1. The standard InChI is InChI=1S/C15H19ClN2O2/c1-10-8-15(14(19)20,9-18(10)11-6-7-11)17-13-5-3-2-4-12(13)16/h2-5,10-11,17H,6-9H2,1H3,(H,19,20). The van der Waals surface area contributed by atoms with Crippen LogP contribution in [0.5, 0.6) is 0 Å². The van der Waals surface area contributed by atoms with Crippen molar-refractivity contribution >= 4 is 23.3 Å². The lowest BCUT2D eigenvalue weighted by molar-refractivity contribution is -0.141. The van der Waals surface area contributed by atoms with Gasteiger partial charge in [-0.05, 0) is 38.3 Å². The number of para-hydroxylation sites is 1. The molecule has 1 aliphatic carbocycles. The molecule has 0 spiro atoms. The fraction of sp³-hybridized carbons (Fsp3) is 0.533. The number of benzene rings is 1. The molecule has 108 valence electrons. The molecule has 1 saturated carbocycles. The number of likely N-dealkylation sites (tertiary alicyclic amines) is 1. The van der Waals surface area contributed by atoms with Crippen molar-refractivity contribution in [3.8, 4) is 0 Å². The van der Waals surface area contributed by atoms with E-state index in [0.717, 1.165) is 0 Å². The Labute approximate surface area is 123 Å². The van der Waals surface area contributed by atoms with Crippen LogP contribution in [0.3, 0.4) is 0 Å². The molecule has 2 aliphatic rings. The SMILES string of the molecule is CC1CC(Nc2ccccc2Cl)(C(=O)O)CN1C1CC1. The van der Waals surface area contributed by atoms with Crippen LogP contribution in [0.25, 0.3) is 0 Å². The van der Waals surface area contributed by atoms with Gasteiger partial charge in [-0.1, -0.05) is 23.7 Å². The highest BCUT2D eigenvalue weighted by Crippen LogP contribution is 2.39. The fourth-order valence-corrected chi connectivity index (χ4v) is 3.35. The van der Waals surface area contributed by atoms with Crippen molar-refractivity contribution in [3.63, 3.8) is 0 Å². The molecule has 20 heavy (non-hydrogen) atoms. The van der Waals surface area contributed by atoms with E-state index in [-0.39, 0.29) is 6.04 Å². The number of hydrogen-bond acceptors (Lipinski definition) is 3. The Bertz CT molecular complexity index is 532. The van der Waals surface area contributed by atoms with E-state index in [9.17, 15) is 9.90 Å². The largest absolute Gasteiger partial charge is 0.479 e. The Kier molecular flexibility index (Phi) is 3.38. The first-order chi connectivity index (χ1) is 9.52. The van der Waals surface area contributed by atoms with Crippen molar-refractivity contribution in [1.29, 1.82) is 0 Å². The van der Waals surface area contributed by atoms with Gasteiger partial charge in [0.15, 0.2) is 0 Å². The molecule has 0 aromatic heterocycles. The van der Waals surface area contributed by atoms with Crippen molar-refractivity contribution in [2.45, 2.75) is 43.8 Å². The normalized spacial score (nSPS) is 30.4. The smallest absolute Gasteiger partial charge is 0.330 e. The zero-order valence-electron chi connectivity index (χ0n) is 11.5. The molecule has 2 unspecified atom stereocenters. The van der Waals surface area contributed by atoms with E-state index in [2.05, 4.69) is 17.1 Å². The van der Waals surface area contributed by atoms with Crippen molar-refractivity contribution in [1.82, 2.24) is 4.90 Å². The highest BCUT2D eigenvalue weighted by Gasteiger charge is 2.51. The Hall–Kier alpha value is -1.26. The summed E-state index contributed by atoms with van der Waals surface area (Å²) in [6.45, 7) is 2.65. The highest BCUT2D eigenvalue weighted by atomic mass is 35.5. The van der Waals surface area contributed by atoms with E-state index in [1.54, 1.807) is 6.07 Å². The third kappa shape index (κ3) is 2.38. The summed E-state index contributed by atoms with van der Waals surface area (Å²) >= 11 is 6.15. The van der Waals surface area contributed by atoms with Crippen LogP contribution in [0.1, 0.15) is 26.2 Å². The first-order valence-electron chi connectivity index (χ1n) is 7.04. The molecule has 4 nitrogen and oxygen atoms in total. The van der Waals surface area contributed by atoms with E-state index < -0.39 is 11.5 Å². The number of carbonyl (C=O) groups is 1. The fourth-order valence-electron chi connectivity index (χ4n) is 3.17. The van der Waals surface area contributed by atoms with Gasteiger partial charge in [0, 0.05) is 18.6 Å². The monoisotopic (exact) mass is 294 g/mol. The minimum absolute atomic E-state index is 0.286. The van der Waals surface area contributed by atoms with Crippen LogP contribution in [0.4, 0.5) is 5.69 Å². The number of nitrogens with zero attached hydrogens (tertiary/aromatic N) is 1. The van der Waals surface area contributed by atoms with Gasteiger partial charge in [-0.15, -0.1) is 0 Å². The summed E-state index contributed by atoms with van der Waals surface area (Å²) in [5, 5.41) is 13.5. The van der Waals surface area contributed by atoms with Crippen molar-refractivity contribution < 1.29 is 9.90 Å². The number of carboxylic acid groups (broad SMARTS) is 1. The Morgan fingerprint density at radius 2 is 2.15 bits per heavy atom. The predicted molar refractivity (Wildman–Crippen MR) is 79.2 cm³/mol. The Morgan fingerprint density at radius 1 is 1.45 bits per heavy atom. The number of hydrogen-bond donors (Lipinski definition) is 2. The van der Waals surface area contributed by atoms with Gasteiger partial charge in [0.1, 0.15) is 5.54 Å². The molecule has 1 saturated heterocycles. The topological polar surface area (TPSA) is 52.6 Å². The van der Waals surface area contributed by atoms with Gasteiger partial charge in [0.25, 0.3) is 0 Å². The van der Waals surface area contributed by atoms with E-state index in [4.69, 9.17) is 11.6 Å². The molecule has 5 heteroatoms. The van der Waals surface area contributed by atoms with E-state index in [1.165, 1.54) is 12.8 Å². The molecule has 1 aromatic rings. The van der Waals surface area contributed by atoms with Crippen LogP contribution in [0.2, 0.25) is 5.02 Å². The number of rotatable bonds is 4. The van der Waals surface area contributed by atoms with E-state index in [0.29, 0.717) is 29.7 Å². The summed E-state index contributed by atoms with van der Waals surface area (Å²) in [4.78, 5) is 14.2. The van der Waals surface area contributed by atoms with Crippen molar-refractivity contribution in [3.05, 3.63) is 29.3 Å². The lowest BCUT2D eigenvalue weighted by atomic mass is 9.96. The second-order valence-electron chi connectivity index (χ2n) is 5.95. The van der Waals surface area contributed by atoms with Crippen LogP contribution in [0, 0.1) is 0 Å². The highest BCUT2D eigenvalue weighted by molar-refractivity contribution is 6.33. The molecule has 0 radical (unpaired) electrons. The van der Waals surface area contributed by atoms with Gasteiger partial charge in [0.05, 0.1) is 10.7 Å². The summed E-state index contributed by atoms with van der Waals surface area (Å²) < 4.78 is 0. The van der Waals surface area contributed by atoms with Gasteiger partial charge in [-0.2, -0.15) is 0 Å². The molecule has 1 aliphatic heterocycles. The molecular weight excluding hydrogens is 276 g/mol. The second kappa shape index (κ2) is 4.93. The molecule has 1 heterocycles. The summed E-state index contributed by atoms with van der Waals surface area (Å²) in [5.74, 6) is -0.799. The average molecular weight is 295 g/mol. The lowest BCUT2D eigenvalue weighted by Gasteiger charge is -2.28. The summed E-state index contributed by atoms with van der Waals surface area (Å²) in [6.07, 6.45) is 2.97. The minimum atomic E-state index is -0.938. The maximum absolute atomic E-state index is 11.8. The number of anilines is 1. The van der Waals surface area contributed by atoms with Crippen LogP contribution >= 0.6 is 11.6 Å². The zero-order chi connectivity index (χ0) is 14.3. The van der Waals surface area contributed by atoms with Gasteiger partial charge in [0.2, 0.25) is 0 Å². The average Bonchev–Trinajstić information content (AvgIpc) is 3.17. The maximum atomic E-state index is 11.8. The molecule has 2 N–H and O–H groups in total. The summed E-state index contributed by atoms with van der Waals surface area (Å²) in [5.41, 5.74) is -0.242.